The summed E-state index contributed by atoms with van der Waals surface area (Å²) in [5.41, 5.74) is 2.64. The third-order valence-corrected chi connectivity index (χ3v) is 5.06. The summed E-state index contributed by atoms with van der Waals surface area (Å²) in [5.74, 6) is -0.0204. The number of aryl methyl sites for hydroxylation is 1. The van der Waals surface area contributed by atoms with E-state index in [0.717, 1.165) is 16.6 Å². The summed E-state index contributed by atoms with van der Waals surface area (Å²) in [5, 5.41) is 2.88. The molecule has 1 N–H and O–H groups in total. The molecule has 2 aromatic rings. The predicted molar refractivity (Wildman–Crippen MR) is 106 cm³/mol. The van der Waals surface area contributed by atoms with Gasteiger partial charge in [-0.05, 0) is 42.3 Å². The molecule has 0 saturated carbocycles. The molecule has 0 aromatic heterocycles. The van der Waals surface area contributed by atoms with Crippen molar-refractivity contribution in [3.63, 3.8) is 0 Å². The van der Waals surface area contributed by atoms with Crippen LogP contribution >= 0.6 is 15.9 Å². The fourth-order valence-corrected chi connectivity index (χ4v) is 3.42. The van der Waals surface area contributed by atoms with Crippen LogP contribution in [0.2, 0.25) is 0 Å². The van der Waals surface area contributed by atoms with Gasteiger partial charge in [-0.1, -0.05) is 35.0 Å². The van der Waals surface area contributed by atoms with E-state index < -0.39 is 5.92 Å². The van der Waals surface area contributed by atoms with Crippen LogP contribution in [0.3, 0.4) is 0 Å². The van der Waals surface area contributed by atoms with Gasteiger partial charge in [0.2, 0.25) is 11.8 Å². The topological polar surface area (TPSA) is 58.6 Å². The highest BCUT2D eigenvalue weighted by Crippen LogP contribution is 2.30. The number of hydrogen-bond acceptors (Lipinski definition) is 3. The molecular formula is C20H21BrN2O3. The number of anilines is 2. The molecule has 0 spiro atoms. The van der Waals surface area contributed by atoms with Crippen molar-refractivity contribution in [1.29, 1.82) is 0 Å². The molecule has 1 aliphatic rings. The number of methoxy groups -OCH3 is 1. The van der Waals surface area contributed by atoms with Gasteiger partial charge in [-0.25, -0.2) is 0 Å². The van der Waals surface area contributed by atoms with Gasteiger partial charge in [0, 0.05) is 23.1 Å². The number of amides is 2. The molecule has 5 nitrogen and oxygen atoms in total. The third-order valence-electron chi connectivity index (χ3n) is 4.57. The first-order valence-corrected chi connectivity index (χ1v) is 9.34. The van der Waals surface area contributed by atoms with E-state index in [1.54, 1.807) is 24.1 Å². The SMILES string of the molecule is CCc1ccc(N2CC(C(=O)Nc3cc(Br)ccc3OC)CC2=O)cc1. The Kier molecular flexibility index (Phi) is 5.61. The Morgan fingerprint density at radius 3 is 2.65 bits per heavy atom. The summed E-state index contributed by atoms with van der Waals surface area (Å²) in [6, 6.07) is 13.3. The molecule has 0 radical (unpaired) electrons. The van der Waals surface area contributed by atoms with Crippen LogP contribution < -0.4 is 15.0 Å². The Hall–Kier alpha value is -2.34. The number of nitrogens with one attached hydrogen (secondary N) is 1. The van der Waals surface area contributed by atoms with Crippen LogP contribution in [0.1, 0.15) is 18.9 Å². The van der Waals surface area contributed by atoms with E-state index in [0.29, 0.717) is 18.0 Å². The lowest BCUT2D eigenvalue weighted by atomic mass is 10.1. The number of nitrogens with zero attached hydrogens (tertiary/aromatic N) is 1. The Labute approximate surface area is 161 Å². The number of hydrogen-bond donors (Lipinski definition) is 1. The van der Waals surface area contributed by atoms with Crippen LogP contribution in [0.15, 0.2) is 46.9 Å². The van der Waals surface area contributed by atoms with E-state index in [1.165, 1.54) is 5.56 Å². The second-order valence-electron chi connectivity index (χ2n) is 6.26. The van der Waals surface area contributed by atoms with Crippen LogP contribution in [-0.4, -0.2) is 25.5 Å². The highest BCUT2D eigenvalue weighted by Gasteiger charge is 2.35. The molecule has 26 heavy (non-hydrogen) atoms. The first kappa shape index (κ1) is 18.5. The Balaban J connectivity index is 1.71. The summed E-state index contributed by atoms with van der Waals surface area (Å²) in [4.78, 5) is 26.7. The summed E-state index contributed by atoms with van der Waals surface area (Å²) in [6.45, 7) is 2.47. The Bertz CT molecular complexity index is 820. The Morgan fingerprint density at radius 1 is 1.27 bits per heavy atom. The molecule has 0 bridgehead atoms. The molecule has 1 aliphatic heterocycles. The Morgan fingerprint density at radius 2 is 2.00 bits per heavy atom. The third kappa shape index (κ3) is 3.90. The van der Waals surface area contributed by atoms with Gasteiger partial charge in [-0.2, -0.15) is 0 Å². The molecule has 3 rings (SSSR count). The van der Waals surface area contributed by atoms with Gasteiger partial charge in [0.1, 0.15) is 5.75 Å². The number of carbonyl (C=O) groups excluding carboxylic acids is 2. The largest absolute Gasteiger partial charge is 0.495 e. The van der Waals surface area contributed by atoms with Gasteiger partial charge in [0.15, 0.2) is 0 Å². The minimum absolute atomic E-state index is 0.0318. The lowest BCUT2D eigenvalue weighted by Gasteiger charge is -2.17. The molecular weight excluding hydrogens is 396 g/mol. The molecule has 2 amide bonds. The summed E-state index contributed by atoms with van der Waals surface area (Å²) in [7, 11) is 1.56. The molecule has 1 heterocycles. The summed E-state index contributed by atoms with van der Waals surface area (Å²) < 4.78 is 6.13. The minimum atomic E-state index is -0.392. The van der Waals surface area contributed by atoms with Crippen molar-refractivity contribution in [3.8, 4) is 5.75 Å². The van der Waals surface area contributed by atoms with Crippen molar-refractivity contribution in [1.82, 2.24) is 0 Å². The smallest absolute Gasteiger partial charge is 0.229 e. The second kappa shape index (κ2) is 7.91. The number of halogens is 1. The second-order valence-corrected chi connectivity index (χ2v) is 7.17. The highest BCUT2D eigenvalue weighted by atomic mass is 79.9. The molecule has 1 saturated heterocycles. The van der Waals surface area contributed by atoms with E-state index in [-0.39, 0.29) is 18.2 Å². The van der Waals surface area contributed by atoms with Crippen molar-refractivity contribution in [2.24, 2.45) is 5.92 Å². The zero-order valence-electron chi connectivity index (χ0n) is 14.8. The van der Waals surface area contributed by atoms with Crippen molar-refractivity contribution < 1.29 is 14.3 Å². The molecule has 1 unspecified atom stereocenters. The van der Waals surface area contributed by atoms with Gasteiger partial charge in [0.05, 0.1) is 18.7 Å². The monoisotopic (exact) mass is 416 g/mol. The standard InChI is InChI=1S/C20H21BrN2O3/c1-3-13-4-7-16(8-5-13)23-12-14(10-19(23)24)20(25)22-17-11-15(21)6-9-18(17)26-2/h4-9,11,14H,3,10,12H2,1-2H3,(H,22,25). The lowest BCUT2D eigenvalue weighted by molar-refractivity contribution is -0.122. The normalized spacial score (nSPS) is 16.7. The van der Waals surface area contributed by atoms with Gasteiger partial charge >= 0.3 is 0 Å². The van der Waals surface area contributed by atoms with Crippen LogP contribution in [0.5, 0.6) is 5.75 Å². The fourth-order valence-electron chi connectivity index (χ4n) is 3.06. The molecule has 1 fully saturated rings. The maximum absolute atomic E-state index is 12.7. The van der Waals surface area contributed by atoms with E-state index in [1.807, 2.05) is 30.3 Å². The summed E-state index contributed by atoms with van der Waals surface area (Å²) in [6.07, 6.45) is 1.16. The lowest BCUT2D eigenvalue weighted by Crippen LogP contribution is -2.28. The molecule has 6 heteroatoms. The summed E-state index contributed by atoms with van der Waals surface area (Å²) >= 11 is 3.39. The molecule has 0 aliphatic carbocycles. The molecule has 1 atom stereocenters. The number of rotatable bonds is 5. The van der Waals surface area contributed by atoms with E-state index in [2.05, 4.69) is 28.2 Å². The van der Waals surface area contributed by atoms with Crippen molar-refractivity contribution >= 4 is 39.1 Å². The van der Waals surface area contributed by atoms with Gasteiger partial charge in [0.25, 0.3) is 0 Å². The fraction of sp³-hybridized carbons (Fsp3) is 0.300. The van der Waals surface area contributed by atoms with Gasteiger partial charge in [-0.3, -0.25) is 9.59 Å². The van der Waals surface area contributed by atoms with Gasteiger partial charge in [-0.15, -0.1) is 0 Å². The van der Waals surface area contributed by atoms with Crippen LogP contribution in [0, 0.1) is 5.92 Å². The molecule has 2 aromatic carbocycles. The average Bonchev–Trinajstić information content (AvgIpc) is 3.04. The first-order valence-electron chi connectivity index (χ1n) is 8.55. The van der Waals surface area contributed by atoms with E-state index >= 15 is 0 Å². The van der Waals surface area contributed by atoms with E-state index in [4.69, 9.17) is 4.74 Å². The predicted octanol–water partition coefficient (Wildman–Crippen LogP) is 4.01. The highest BCUT2D eigenvalue weighted by molar-refractivity contribution is 9.10. The number of ether oxygens (including phenoxy) is 1. The van der Waals surface area contributed by atoms with Gasteiger partial charge < -0.3 is 15.0 Å². The average molecular weight is 417 g/mol. The van der Waals surface area contributed by atoms with Crippen LogP contribution in [-0.2, 0) is 16.0 Å². The number of benzene rings is 2. The molecule has 136 valence electrons. The maximum atomic E-state index is 12.7. The zero-order chi connectivity index (χ0) is 18.7. The first-order chi connectivity index (χ1) is 12.5. The quantitative estimate of drug-likeness (QED) is 0.800. The van der Waals surface area contributed by atoms with E-state index in [9.17, 15) is 9.59 Å². The minimum Gasteiger partial charge on any atom is -0.495 e. The maximum Gasteiger partial charge on any atom is 0.229 e. The van der Waals surface area contributed by atoms with Crippen molar-refractivity contribution in [3.05, 3.63) is 52.5 Å². The number of carbonyl (C=O) groups is 2. The van der Waals surface area contributed by atoms with Crippen LogP contribution in [0.4, 0.5) is 11.4 Å². The van der Waals surface area contributed by atoms with Crippen LogP contribution in [0.25, 0.3) is 0 Å². The van der Waals surface area contributed by atoms with Crippen molar-refractivity contribution in [2.75, 3.05) is 23.9 Å². The van der Waals surface area contributed by atoms with Crippen molar-refractivity contribution in [2.45, 2.75) is 19.8 Å². The zero-order valence-corrected chi connectivity index (χ0v) is 16.4.